The lowest BCUT2D eigenvalue weighted by Gasteiger charge is -2.28. The highest BCUT2D eigenvalue weighted by molar-refractivity contribution is 5.88. The molecule has 0 bridgehead atoms. The van der Waals surface area contributed by atoms with Crippen LogP contribution in [0.15, 0.2) is 0 Å². The topological polar surface area (TPSA) is 46.2 Å². The predicted octanol–water partition coefficient (Wildman–Crippen LogP) is 3.08. The number of amides is 1. The molecule has 0 spiro atoms. The second-order valence-corrected chi connectivity index (χ2v) is 6.54. The second kappa shape index (κ2) is 6.53. The average molecular weight is 265 g/mol. The first kappa shape index (κ1) is 14.5. The van der Waals surface area contributed by atoms with Gasteiger partial charge in [-0.1, -0.05) is 39.0 Å². The fourth-order valence-electron chi connectivity index (χ4n) is 3.16. The molecule has 1 amide bonds. The Hall–Kier alpha value is -0.860. The van der Waals surface area contributed by atoms with Gasteiger partial charge in [0, 0.05) is 5.92 Å². The Labute approximate surface area is 116 Å². The van der Waals surface area contributed by atoms with Gasteiger partial charge in [-0.3, -0.25) is 9.59 Å². The van der Waals surface area contributed by atoms with E-state index >= 15 is 0 Å². The number of nitrogens with one attached hydrogen (secondary N) is 1. The summed E-state index contributed by atoms with van der Waals surface area (Å²) in [6.07, 6.45) is 9.43. The minimum atomic E-state index is -0.244. The number of carbonyl (C=O) groups is 2. The van der Waals surface area contributed by atoms with E-state index in [1.54, 1.807) is 6.92 Å². The Morgan fingerprint density at radius 3 is 2.26 bits per heavy atom. The van der Waals surface area contributed by atoms with Crippen LogP contribution < -0.4 is 5.32 Å². The summed E-state index contributed by atoms with van der Waals surface area (Å²) in [4.78, 5) is 23.9. The number of hydrogen-bond donors (Lipinski definition) is 1. The number of ketones is 1. The molecule has 0 radical (unpaired) electrons. The van der Waals surface area contributed by atoms with E-state index in [2.05, 4.69) is 5.32 Å². The largest absolute Gasteiger partial charge is 0.346 e. The molecule has 3 nitrogen and oxygen atoms in total. The molecule has 0 aromatic heterocycles. The zero-order chi connectivity index (χ0) is 13.8. The van der Waals surface area contributed by atoms with Gasteiger partial charge in [0.2, 0.25) is 5.91 Å². The number of hydrogen-bond acceptors (Lipinski definition) is 2. The van der Waals surface area contributed by atoms with E-state index in [1.807, 2.05) is 6.92 Å². The lowest BCUT2D eigenvalue weighted by atomic mass is 9.80. The monoisotopic (exact) mass is 265 g/mol. The van der Waals surface area contributed by atoms with Crippen LogP contribution in [0, 0.1) is 17.8 Å². The summed E-state index contributed by atoms with van der Waals surface area (Å²) in [5.74, 6) is 1.44. The molecule has 0 aromatic rings. The first-order valence-corrected chi connectivity index (χ1v) is 7.88. The third-order valence-corrected chi connectivity index (χ3v) is 4.84. The van der Waals surface area contributed by atoms with Crippen molar-refractivity contribution in [3.8, 4) is 0 Å². The fourth-order valence-corrected chi connectivity index (χ4v) is 3.16. The maximum absolute atomic E-state index is 12.3. The number of carbonyl (C=O) groups excluding carboxylic acids is 2. The summed E-state index contributed by atoms with van der Waals surface area (Å²) in [5, 5.41) is 3.00. The molecule has 3 heteroatoms. The van der Waals surface area contributed by atoms with Gasteiger partial charge in [-0.05, 0) is 38.0 Å². The van der Waals surface area contributed by atoms with E-state index in [0.717, 1.165) is 6.42 Å². The molecule has 2 aliphatic rings. The van der Waals surface area contributed by atoms with Crippen molar-refractivity contribution in [2.75, 3.05) is 0 Å². The zero-order valence-corrected chi connectivity index (χ0v) is 12.3. The molecule has 2 fully saturated rings. The van der Waals surface area contributed by atoms with E-state index in [0.29, 0.717) is 11.8 Å². The van der Waals surface area contributed by atoms with Crippen molar-refractivity contribution in [2.24, 2.45) is 17.8 Å². The summed E-state index contributed by atoms with van der Waals surface area (Å²) in [6, 6.07) is -0.244. The SMILES string of the molecule is CC(=O)C(CC1CC1)NC(=O)C(C)C1CCCCC1. The van der Waals surface area contributed by atoms with Gasteiger partial charge >= 0.3 is 0 Å². The Morgan fingerprint density at radius 2 is 1.74 bits per heavy atom. The quantitative estimate of drug-likeness (QED) is 0.802. The van der Waals surface area contributed by atoms with Gasteiger partial charge in [-0.2, -0.15) is 0 Å². The van der Waals surface area contributed by atoms with Crippen molar-refractivity contribution >= 4 is 11.7 Å². The number of Topliss-reactive ketones (excluding diaryl/α,β-unsaturated/α-hetero) is 1. The van der Waals surface area contributed by atoms with Crippen molar-refractivity contribution in [3.63, 3.8) is 0 Å². The third-order valence-electron chi connectivity index (χ3n) is 4.84. The predicted molar refractivity (Wildman–Crippen MR) is 75.7 cm³/mol. The minimum absolute atomic E-state index is 0.0568. The summed E-state index contributed by atoms with van der Waals surface area (Å²) in [7, 11) is 0. The van der Waals surface area contributed by atoms with Gasteiger partial charge in [0.15, 0.2) is 5.78 Å². The number of rotatable bonds is 6. The lowest BCUT2D eigenvalue weighted by Crippen LogP contribution is -2.44. The van der Waals surface area contributed by atoms with E-state index in [1.165, 1.54) is 44.9 Å². The van der Waals surface area contributed by atoms with Gasteiger partial charge in [-0.25, -0.2) is 0 Å². The molecular formula is C16H27NO2. The molecule has 2 aliphatic carbocycles. The van der Waals surface area contributed by atoms with Crippen molar-refractivity contribution in [1.82, 2.24) is 5.32 Å². The average Bonchev–Trinajstić information content (AvgIpc) is 3.22. The summed E-state index contributed by atoms with van der Waals surface area (Å²) >= 11 is 0. The van der Waals surface area contributed by atoms with Crippen molar-refractivity contribution in [1.29, 1.82) is 0 Å². The Balaban J connectivity index is 1.84. The molecule has 108 valence electrons. The first-order valence-electron chi connectivity index (χ1n) is 7.88. The Morgan fingerprint density at radius 1 is 1.11 bits per heavy atom. The van der Waals surface area contributed by atoms with Crippen LogP contribution >= 0.6 is 0 Å². The maximum Gasteiger partial charge on any atom is 0.223 e. The third kappa shape index (κ3) is 4.32. The highest BCUT2D eigenvalue weighted by atomic mass is 16.2. The fraction of sp³-hybridized carbons (Fsp3) is 0.875. The smallest absolute Gasteiger partial charge is 0.223 e. The van der Waals surface area contributed by atoms with E-state index in [4.69, 9.17) is 0 Å². The lowest BCUT2D eigenvalue weighted by molar-refractivity contribution is -0.130. The van der Waals surface area contributed by atoms with E-state index in [-0.39, 0.29) is 23.7 Å². The molecule has 0 aliphatic heterocycles. The molecule has 2 atom stereocenters. The van der Waals surface area contributed by atoms with Gasteiger partial charge in [0.25, 0.3) is 0 Å². The maximum atomic E-state index is 12.3. The minimum Gasteiger partial charge on any atom is -0.346 e. The van der Waals surface area contributed by atoms with Gasteiger partial charge in [0.05, 0.1) is 6.04 Å². The molecule has 2 rings (SSSR count). The van der Waals surface area contributed by atoms with Crippen LogP contribution in [0.1, 0.15) is 65.2 Å². The second-order valence-electron chi connectivity index (χ2n) is 6.54. The standard InChI is InChI=1S/C16H27NO2/c1-11(14-6-4-3-5-7-14)16(19)17-15(12(2)18)10-13-8-9-13/h11,13-15H,3-10H2,1-2H3,(H,17,19). The first-order chi connectivity index (χ1) is 9.08. The summed E-state index contributed by atoms with van der Waals surface area (Å²) in [5.41, 5.74) is 0. The van der Waals surface area contributed by atoms with Crippen LogP contribution in [0.4, 0.5) is 0 Å². The van der Waals surface area contributed by atoms with Crippen LogP contribution in [0.25, 0.3) is 0 Å². The van der Waals surface area contributed by atoms with Crippen molar-refractivity contribution in [2.45, 2.75) is 71.3 Å². The highest BCUT2D eigenvalue weighted by Gasteiger charge is 2.31. The van der Waals surface area contributed by atoms with Crippen LogP contribution in [-0.2, 0) is 9.59 Å². The molecule has 19 heavy (non-hydrogen) atoms. The van der Waals surface area contributed by atoms with E-state index < -0.39 is 0 Å². The molecule has 1 N–H and O–H groups in total. The van der Waals surface area contributed by atoms with Crippen LogP contribution in [0.2, 0.25) is 0 Å². The normalized spacial score (nSPS) is 23.7. The van der Waals surface area contributed by atoms with Crippen LogP contribution in [-0.4, -0.2) is 17.7 Å². The van der Waals surface area contributed by atoms with Crippen LogP contribution in [0.3, 0.4) is 0 Å². The molecular weight excluding hydrogens is 238 g/mol. The zero-order valence-electron chi connectivity index (χ0n) is 12.3. The van der Waals surface area contributed by atoms with Crippen molar-refractivity contribution < 1.29 is 9.59 Å². The van der Waals surface area contributed by atoms with Crippen LogP contribution in [0.5, 0.6) is 0 Å². The summed E-state index contributed by atoms with van der Waals surface area (Å²) in [6.45, 7) is 3.62. The van der Waals surface area contributed by atoms with E-state index in [9.17, 15) is 9.59 Å². The van der Waals surface area contributed by atoms with Gasteiger partial charge < -0.3 is 5.32 Å². The van der Waals surface area contributed by atoms with Crippen molar-refractivity contribution in [3.05, 3.63) is 0 Å². The molecule has 0 aromatic carbocycles. The van der Waals surface area contributed by atoms with Gasteiger partial charge in [0.1, 0.15) is 0 Å². The van der Waals surface area contributed by atoms with Gasteiger partial charge in [-0.15, -0.1) is 0 Å². The molecule has 0 heterocycles. The Bertz CT molecular complexity index is 330. The Kier molecular flexibility index (Phi) is 5.00. The highest BCUT2D eigenvalue weighted by Crippen LogP contribution is 2.34. The molecule has 2 unspecified atom stereocenters. The molecule has 2 saturated carbocycles. The summed E-state index contributed by atoms with van der Waals surface area (Å²) < 4.78 is 0. The molecule has 0 saturated heterocycles.